The lowest BCUT2D eigenvalue weighted by molar-refractivity contribution is -0.119. The molecule has 3 heterocycles. The summed E-state index contributed by atoms with van der Waals surface area (Å²) in [6.07, 6.45) is 0.824. The number of carbonyl (C=O) groups excluding carboxylic acids is 3. The third kappa shape index (κ3) is 2.98. The van der Waals surface area contributed by atoms with Crippen LogP contribution in [0.1, 0.15) is 32.8 Å². The summed E-state index contributed by atoms with van der Waals surface area (Å²) in [5.74, 6) is -0.675. The van der Waals surface area contributed by atoms with Gasteiger partial charge in [-0.3, -0.25) is 24.4 Å². The van der Waals surface area contributed by atoms with Crippen molar-refractivity contribution >= 4 is 34.3 Å². The number of benzene rings is 2. The van der Waals surface area contributed by atoms with Crippen molar-refractivity contribution in [3.05, 3.63) is 59.3 Å². The number of imide groups is 1. The van der Waals surface area contributed by atoms with Gasteiger partial charge in [0.1, 0.15) is 0 Å². The minimum atomic E-state index is -0.313. The first-order valence-corrected chi connectivity index (χ1v) is 9.55. The highest BCUT2D eigenvalue weighted by atomic mass is 16.2. The van der Waals surface area contributed by atoms with Gasteiger partial charge in [-0.05, 0) is 43.3 Å². The summed E-state index contributed by atoms with van der Waals surface area (Å²) >= 11 is 0. The molecule has 1 fully saturated rings. The Balaban J connectivity index is 1.40. The van der Waals surface area contributed by atoms with Crippen LogP contribution in [0, 0.1) is 5.92 Å². The molecule has 1 aromatic heterocycles. The first-order chi connectivity index (χ1) is 14.1. The Morgan fingerprint density at radius 3 is 2.59 bits per heavy atom. The molecule has 29 heavy (non-hydrogen) atoms. The molecule has 2 aliphatic heterocycles. The fourth-order valence-electron chi connectivity index (χ4n) is 3.93. The van der Waals surface area contributed by atoms with Crippen molar-refractivity contribution in [2.45, 2.75) is 13.0 Å². The highest BCUT2D eigenvalue weighted by Crippen LogP contribution is 2.27. The van der Waals surface area contributed by atoms with E-state index in [0.29, 0.717) is 34.6 Å². The van der Waals surface area contributed by atoms with Crippen LogP contribution in [0.2, 0.25) is 0 Å². The summed E-state index contributed by atoms with van der Waals surface area (Å²) < 4.78 is 0. The zero-order valence-corrected chi connectivity index (χ0v) is 15.6. The zero-order chi connectivity index (χ0) is 20.0. The van der Waals surface area contributed by atoms with Gasteiger partial charge in [-0.2, -0.15) is 5.10 Å². The normalized spacial score (nSPS) is 18.5. The van der Waals surface area contributed by atoms with E-state index in [-0.39, 0.29) is 30.2 Å². The Bertz CT molecular complexity index is 1110. The first kappa shape index (κ1) is 17.6. The van der Waals surface area contributed by atoms with Crippen molar-refractivity contribution < 1.29 is 14.4 Å². The van der Waals surface area contributed by atoms with E-state index < -0.39 is 0 Å². The molecule has 5 rings (SSSR count). The smallest absolute Gasteiger partial charge is 0.261 e. The molecule has 8 nitrogen and oxygen atoms in total. The lowest BCUT2D eigenvalue weighted by Gasteiger charge is -2.13. The fourth-order valence-corrected chi connectivity index (χ4v) is 3.93. The van der Waals surface area contributed by atoms with Crippen molar-refractivity contribution in [1.29, 1.82) is 0 Å². The van der Waals surface area contributed by atoms with E-state index >= 15 is 0 Å². The minimum Gasteiger partial charge on any atom is -0.326 e. The molecule has 146 valence electrons. The second kappa shape index (κ2) is 6.82. The average Bonchev–Trinajstić information content (AvgIpc) is 3.45. The summed E-state index contributed by atoms with van der Waals surface area (Å²) in [7, 11) is 0. The quantitative estimate of drug-likeness (QED) is 0.591. The Morgan fingerprint density at radius 2 is 1.90 bits per heavy atom. The maximum absolute atomic E-state index is 12.6. The van der Waals surface area contributed by atoms with E-state index in [9.17, 15) is 14.4 Å². The highest BCUT2D eigenvalue weighted by molar-refractivity contribution is 6.21. The van der Waals surface area contributed by atoms with E-state index in [4.69, 9.17) is 0 Å². The summed E-state index contributed by atoms with van der Waals surface area (Å²) in [5.41, 5.74) is 2.85. The molecular weight excluding hydrogens is 370 g/mol. The van der Waals surface area contributed by atoms with E-state index in [1.165, 1.54) is 4.90 Å². The maximum atomic E-state index is 12.6. The number of nitrogens with one attached hydrogen (secondary N) is 3. The molecule has 1 saturated heterocycles. The first-order valence-electron chi connectivity index (χ1n) is 9.55. The molecule has 3 aromatic rings. The Hall–Kier alpha value is -3.52. The second-order valence-corrected chi connectivity index (χ2v) is 7.36. The van der Waals surface area contributed by atoms with Crippen LogP contribution in [0.4, 0.5) is 5.69 Å². The molecule has 0 saturated carbocycles. The van der Waals surface area contributed by atoms with Crippen molar-refractivity contribution in [2.75, 3.05) is 18.4 Å². The van der Waals surface area contributed by atoms with Gasteiger partial charge in [0.25, 0.3) is 11.8 Å². The van der Waals surface area contributed by atoms with Crippen LogP contribution < -0.4 is 10.6 Å². The number of nitrogens with zero attached hydrogens (tertiary/aromatic N) is 2. The van der Waals surface area contributed by atoms with E-state index in [1.807, 2.05) is 6.07 Å². The molecule has 3 N–H and O–H groups in total. The van der Waals surface area contributed by atoms with Crippen molar-refractivity contribution in [3.63, 3.8) is 0 Å². The second-order valence-electron chi connectivity index (χ2n) is 7.36. The van der Waals surface area contributed by atoms with Gasteiger partial charge in [0.05, 0.1) is 34.8 Å². The number of hydrogen-bond donors (Lipinski definition) is 3. The van der Waals surface area contributed by atoms with Gasteiger partial charge in [-0.1, -0.05) is 12.1 Å². The molecule has 2 aromatic carbocycles. The van der Waals surface area contributed by atoms with Crippen LogP contribution in [0.25, 0.3) is 10.9 Å². The Morgan fingerprint density at radius 1 is 1.14 bits per heavy atom. The zero-order valence-electron chi connectivity index (χ0n) is 15.6. The van der Waals surface area contributed by atoms with Crippen LogP contribution in [0.5, 0.6) is 0 Å². The number of H-pyrrole nitrogens is 1. The van der Waals surface area contributed by atoms with E-state index in [2.05, 4.69) is 20.8 Å². The minimum absolute atomic E-state index is 0.0141. The van der Waals surface area contributed by atoms with Gasteiger partial charge in [0, 0.05) is 17.6 Å². The highest BCUT2D eigenvalue weighted by Gasteiger charge is 2.35. The van der Waals surface area contributed by atoms with Crippen molar-refractivity contribution in [3.8, 4) is 0 Å². The van der Waals surface area contributed by atoms with Gasteiger partial charge in [0.15, 0.2) is 0 Å². The summed E-state index contributed by atoms with van der Waals surface area (Å²) in [5, 5.41) is 14.1. The number of carbonyl (C=O) groups is 3. The van der Waals surface area contributed by atoms with Crippen LogP contribution in [-0.4, -0.2) is 45.9 Å². The van der Waals surface area contributed by atoms with Crippen LogP contribution >= 0.6 is 0 Å². The fraction of sp³-hybridized carbons (Fsp3) is 0.238. The Kier molecular flexibility index (Phi) is 4.13. The largest absolute Gasteiger partial charge is 0.326 e. The maximum Gasteiger partial charge on any atom is 0.261 e. The van der Waals surface area contributed by atoms with Crippen LogP contribution in [0.15, 0.2) is 42.5 Å². The van der Waals surface area contributed by atoms with Crippen molar-refractivity contribution in [1.82, 2.24) is 20.4 Å². The molecule has 1 atom stereocenters. The Labute approximate surface area is 166 Å². The summed E-state index contributed by atoms with van der Waals surface area (Å²) in [4.78, 5) is 38.9. The number of anilines is 1. The number of rotatable bonds is 4. The predicted molar refractivity (Wildman–Crippen MR) is 106 cm³/mol. The van der Waals surface area contributed by atoms with Gasteiger partial charge >= 0.3 is 0 Å². The molecule has 0 aliphatic carbocycles. The molecule has 0 radical (unpaired) electrons. The molecule has 1 unspecified atom stereocenters. The third-order valence-electron chi connectivity index (χ3n) is 5.53. The van der Waals surface area contributed by atoms with Gasteiger partial charge in [0.2, 0.25) is 5.91 Å². The monoisotopic (exact) mass is 389 g/mol. The summed E-state index contributed by atoms with van der Waals surface area (Å²) in [6.45, 7) is 1.63. The number of aromatic nitrogens is 2. The SMILES string of the molecule is O=C(Nc1ccc2n[nH]c(CN3C(=O)c4ccccc4C3=O)c2c1)C1CCNC1. The van der Waals surface area contributed by atoms with E-state index in [1.54, 1.807) is 36.4 Å². The number of aromatic amines is 1. The number of fused-ring (bicyclic) bond motifs is 2. The molecule has 0 spiro atoms. The average molecular weight is 389 g/mol. The standard InChI is InChI=1S/C21H19N5O3/c27-19(12-7-8-22-10-12)23-13-5-6-17-16(9-13)18(25-24-17)11-26-20(28)14-3-1-2-4-15(14)21(26)29/h1-6,9,12,22H,7-8,10-11H2,(H,23,27)(H,24,25). The van der Waals surface area contributed by atoms with E-state index in [0.717, 1.165) is 18.4 Å². The molecule has 0 bridgehead atoms. The topological polar surface area (TPSA) is 107 Å². The lowest BCUT2D eigenvalue weighted by atomic mass is 10.1. The molecule has 3 amide bonds. The lowest BCUT2D eigenvalue weighted by Crippen LogP contribution is -2.29. The number of hydrogen-bond acceptors (Lipinski definition) is 5. The van der Waals surface area contributed by atoms with Crippen LogP contribution in [-0.2, 0) is 11.3 Å². The van der Waals surface area contributed by atoms with Crippen LogP contribution in [0.3, 0.4) is 0 Å². The van der Waals surface area contributed by atoms with Gasteiger partial charge in [-0.15, -0.1) is 0 Å². The van der Waals surface area contributed by atoms with Crippen molar-refractivity contribution in [2.24, 2.45) is 5.92 Å². The molecular formula is C21H19N5O3. The van der Waals surface area contributed by atoms with Gasteiger partial charge < -0.3 is 10.6 Å². The number of amides is 3. The van der Waals surface area contributed by atoms with Gasteiger partial charge in [-0.25, -0.2) is 0 Å². The third-order valence-corrected chi connectivity index (χ3v) is 5.53. The predicted octanol–water partition coefficient (Wildman–Crippen LogP) is 1.91. The molecule has 2 aliphatic rings. The molecule has 8 heteroatoms. The summed E-state index contributed by atoms with van der Waals surface area (Å²) in [6, 6.07) is 12.2.